The summed E-state index contributed by atoms with van der Waals surface area (Å²) in [6, 6.07) is 18.9. The first-order chi connectivity index (χ1) is 11.7. The van der Waals surface area contributed by atoms with Crippen molar-refractivity contribution < 1.29 is 9.90 Å². The third-order valence-corrected chi connectivity index (χ3v) is 3.64. The number of hydrogen-bond donors (Lipinski definition) is 2. The van der Waals surface area contributed by atoms with E-state index < -0.39 is 0 Å². The summed E-state index contributed by atoms with van der Waals surface area (Å²) < 4.78 is 0. The van der Waals surface area contributed by atoms with Gasteiger partial charge < -0.3 is 10.4 Å². The van der Waals surface area contributed by atoms with Crippen LogP contribution in [-0.2, 0) is 11.3 Å². The molecule has 5 heteroatoms. The standard InChI is InChI=1S/C19H21N3O2/c20-14-17-8-4-5-9-18(17)21-19(24)10-11-22(12-13-23)15-16-6-2-1-3-7-16/h1-9,23H,10-13,15H2,(H,21,24). The first kappa shape index (κ1) is 17.7. The molecule has 2 rings (SSSR count). The third kappa shape index (κ3) is 5.51. The lowest BCUT2D eigenvalue weighted by molar-refractivity contribution is -0.116. The smallest absolute Gasteiger partial charge is 0.225 e. The number of hydrogen-bond acceptors (Lipinski definition) is 4. The number of para-hydroxylation sites is 1. The molecule has 5 nitrogen and oxygen atoms in total. The Labute approximate surface area is 142 Å². The fraction of sp³-hybridized carbons (Fsp3) is 0.263. The Morgan fingerprint density at radius 2 is 1.79 bits per heavy atom. The van der Waals surface area contributed by atoms with Gasteiger partial charge in [-0.2, -0.15) is 5.26 Å². The van der Waals surface area contributed by atoms with E-state index in [1.807, 2.05) is 35.2 Å². The van der Waals surface area contributed by atoms with Crippen molar-refractivity contribution in [1.82, 2.24) is 4.90 Å². The normalized spacial score (nSPS) is 10.4. The van der Waals surface area contributed by atoms with Crippen molar-refractivity contribution >= 4 is 11.6 Å². The monoisotopic (exact) mass is 323 g/mol. The van der Waals surface area contributed by atoms with Crippen LogP contribution in [0.4, 0.5) is 5.69 Å². The molecule has 0 aliphatic rings. The van der Waals surface area contributed by atoms with Crippen LogP contribution in [0.5, 0.6) is 0 Å². The fourth-order valence-electron chi connectivity index (χ4n) is 2.41. The van der Waals surface area contributed by atoms with E-state index >= 15 is 0 Å². The Morgan fingerprint density at radius 3 is 2.50 bits per heavy atom. The first-order valence-electron chi connectivity index (χ1n) is 7.89. The predicted octanol–water partition coefficient (Wildman–Crippen LogP) is 2.38. The zero-order chi connectivity index (χ0) is 17.2. The van der Waals surface area contributed by atoms with Crippen LogP contribution in [0.2, 0.25) is 0 Å². The van der Waals surface area contributed by atoms with Crippen LogP contribution in [0.1, 0.15) is 17.5 Å². The highest BCUT2D eigenvalue weighted by Crippen LogP contribution is 2.14. The zero-order valence-electron chi connectivity index (χ0n) is 13.5. The number of carbonyl (C=O) groups is 1. The van der Waals surface area contributed by atoms with Crippen molar-refractivity contribution in [2.24, 2.45) is 0 Å². The van der Waals surface area contributed by atoms with E-state index in [4.69, 9.17) is 5.26 Å². The predicted molar refractivity (Wildman–Crippen MR) is 93.2 cm³/mol. The minimum Gasteiger partial charge on any atom is -0.395 e. The maximum absolute atomic E-state index is 12.1. The summed E-state index contributed by atoms with van der Waals surface area (Å²) in [5.41, 5.74) is 2.12. The molecule has 0 aliphatic heterocycles. The van der Waals surface area contributed by atoms with Gasteiger partial charge in [-0.15, -0.1) is 0 Å². The number of benzene rings is 2. The van der Waals surface area contributed by atoms with Crippen molar-refractivity contribution in [1.29, 1.82) is 5.26 Å². The summed E-state index contributed by atoms with van der Waals surface area (Å²) in [6.07, 6.45) is 0.298. The number of nitriles is 1. The highest BCUT2D eigenvalue weighted by molar-refractivity contribution is 5.92. The van der Waals surface area contributed by atoms with Crippen molar-refractivity contribution in [3.8, 4) is 6.07 Å². The largest absolute Gasteiger partial charge is 0.395 e. The van der Waals surface area contributed by atoms with Crippen LogP contribution in [0.3, 0.4) is 0 Å². The van der Waals surface area contributed by atoms with Gasteiger partial charge in [0.2, 0.25) is 5.91 Å². The lowest BCUT2D eigenvalue weighted by Gasteiger charge is -2.21. The van der Waals surface area contributed by atoms with Crippen LogP contribution >= 0.6 is 0 Å². The fourth-order valence-corrected chi connectivity index (χ4v) is 2.41. The lowest BCUT2D eigenvalue weighted by atomic mass is 10.2. The molecule has 0 atom stereocenters. The van der Waals surface area contributed by atoms with Crippen molar-refractivity contribution in [3.63, 3.8) is 0 Å². The van der Waals surface area contributed by atoms with Gasteiger partial charge in [0.25, 0.3) is 0 Å². The van der Waals surface area contributed by atoms with Gasteiger partial charge in [0, 0.05) is 26.1 Å². The summed E-state index contributed by atoms with van der Waals surface area (Å²) in [4.78, 5) is 14.2. The number of aliphatic hydroxyl groups excluding tert-OH is 1. The molecule has 2 aromatic rings. The van der Waals surface area contributed by atoms with E-state index in [0.29, 0.717) is 37.3 Å². The van der Waals surface area contributed by atoms with Gasteiger partial charge in [0.05, 0.1) is 17.9 Å². The van der Waals surface area contributed by atoms with E-state index in [2.05, 4.69) is 11.4 Å². The Balaban J connectivity index is 1.89. The quantitative estimate of drug-likeness (QED) is 0.782. The summed E-state index contributed by atoms with van der Waals surface area (Å²) in [6.45, 7) is 1.78. The minimum atomic E-state index is -0.145. The van der Waals surface area contributed by atoms with Gasteiger partial charge in [-0.1, -0.05) is 42.5 Å². The average Bonchev–Trinajstić information content (AvgIpc) is 2.61. The minimum absolute atomic E-state index is 0.0473. The van der Waals surface area contributed by atoms with Gasteiger partial charge >= 0.3 is 0 Å². The number of amides is 1. The van der Waals surface area contributed by atoms with E-state index in [-0.39, 0.29) is 12.5 Å². The van der Waals surface area contributed by atoms with Crippen molar-refractivity contribution in [2.75, 3.05) is 25.0 Å². The Morgan fingerprint density at radius 1 is 1.08 bits per heavy atom. The highest BCUT2D eigenvalue weighted by Gasteiger charge is 2.10. The lowest BCUT2D eigenvalue weighted by Crippen LogP contribution is -2.30. The molecule has 24 heavy (non-hydrogen) atoms. The van der Waals surface area contributed by atoms with Crippen molar-refractivity contribution in [3.05, 3.63) is 65.7 Å². The maximum Gasteiger partial charge on any atom is 0.225 e. The van der Waals surface area contributed by atoms with E-state index in [0.717, 1.165) is 5.56 Å². The molecule has 0 unspecified atom stereocenters. The molecule has 1 amide bonds. The summed E-state index contributed by atoms with van der Waals surface area (Å²) in [5, 5.41) is 21.0. The van der Waals surface area contributed by atoms with E-state index in [9.17, 15) is 9.90 Å². The van der Waals surface area contributed by atoms with Crippen LogP contribution in [0, 0.1) is 11.3 Å². The second-order valence-corrected chi connectivity index (χ2v) is 5.44. The van der Waals surface area contributed by atoms with Crippen molar-refractivity contribution in [2.45, 2.75) is 13.0 Å². The molecule has 0 bridgehead atoms. The van der Waals surface area contributed by atoms with Gasteiger partial charge in [0.15, 0.2) is 0 Å². The number of rotatable bonds is 8. The maximum atomic E-state index is 12.1. The van der Waals surface area contributed by atoms with E-state index in [1.165, 1.54) is 0 Å². The van der Waals surface area contributed by atoms with Gasteiger partial charge in [-0.25, -0.2) is 0 Å². The number of nitrogens with zero attached hydrogens (tertiary/aromatic N) is 2. The van der Waals surface area contributed by atoms with Crippen LogP contribution in [0.25, 0.3) is 0 Å². The second-order valence-electron chi connectivity index (χ2n) is 5.44. The molecular formula is C19H21N3O2. The zero-order valence-corrected chi connectivity index (χ0v) is 13.5. The molecule has 0 saturated heterocycles. The van der Waals surface area contributed by atoms with Crippen LogP contribution in [-0.4, -0.2) is 35.6 Å². The molecule has 0 heterocycles. The topological polar surface area (TPSA) is 76.4 Å². The van der Waals surface area contributed by atoms with Gasteiger partial charge in [-0.05, 0) is 17.7 Å². The molecule has 0 saturated carbocycles. The molecule has 2 aromatic carbocycles. The van der Waals surface area contributed by atoms with Crippen LogP contribution < -0.4 is 5.32 Å². The molecular weight excluding hydrogens is 302 g/mol. The highest BCUT2D eigenvalue weighted by atomic mass is 16.3. The number of nitrogens with one attached hydrogen (secondary N) is 1. The molecule has 0 radical (unpaired) electrons. The number of anilines is 1. The molecule has 2 N–H and O–H groups in total. The molecule has 0 aliphatic carbocycles. The number of aliphatic hydroxyl groups is 1. The molecule has 0 fully saturated rings. The summed E-state index contributed by atoms with van der Waals surface area (Å²) in [5.74, 6) is -0.145. The second kappa shape index (κ2) is 9.46. The molecule has 0 spiro atoms. The Hall–Kier alpha value is -2.68. The van der Waals surface area contributed by atoms with Gasteiger partial charge in [-0.3, -0.25) is 9.69 Å². The molecule has 124 valence electrons. The summed E-state index contributed by atoms with van der Waals surface area (Å²) >= 11 is 0. The number of carbonyl (C=O) groups excluding carboxylic acids is 1. The Bertz CT molecular complexity index is 695. The first-order valence-corrected chi connectivity index (χ1v) is 7.89. The third-order valence-electron chi connectivity index (χ3n) is 3.64. The van der Waals surface area contributed by atoms with Crippen LogP contribution in [0.15, 0.2) is 54.6 Å². The van der Waals surface area contributed by atoms with Gasteiger partial charge in [0.1, 0.15) is 6.07 Å². The Kier molecular flexibility index (Phi) is 6.96. The SMILES string of the molecule is N#Cc1ccccc1NC(=O)CCN(CCO)Cc1ccccc1. The van der Waals surface area contributed by atoms with E-state index in [1.54, 1.807) is 24.3 Å². The summed E-state index contributed by atoms with van der Waals surface area (Å²) in [7, 11) is 0. The molecule has 0 aromatic heterocycles. The average molecular weight is 323 g/mol.